The second kappa shape index (κ2) is 4.58. The van der Waals surface area contributed by atoms with Crippen LogP contribution in [0.4, 0.5) is 5.69 Å². The number of hydrogen-bond acceptors (Lipinski definition) is 5. The Morgan fingerprint density at radius 3 is 2.65 bits per heavy atom. The fourth-order valence-electron chi connectivity index (χ4n) is 1.87. The van der Waals surface area contributed by atoms with Gasteiger partial charge in [0.1, 0.15) is 0 Å². The number of fused-ring (bicyclic) bond motifs is 1. The van der Waals surface area contributed by atoms with Crippen LogP contribution in [0.1, 0.15) is 0 Å². The van der Waals surface area contributed by atoms with Gasteiger partial charge in [-0.05, 0) is 22.9 Å². The van der Waals surface area contributed by atoms with Gasteiger partial charge in [-0.2, -0.15) is 0 Å². The van der Waals surface area contributed by atoms with E-state index in [0.717, 1.165) is 10.8 Å². The monoisotopic (exact) mass is 269 g/mol. The Hall–Kier alpha value is -3.02. The van der Waals surface area contributed by atoms with Crippen LogP contribution in [-0.2, 0) is 0 Å². The Morgan fingerprint density at radius 1 is 1.20 bits per heavy atom. The number of aromatic amines is 1. The number of rotatable bonds is 2. The van der Waals surface area contributed by atoms with E-state index in [4.69, 9.17) is 10.5 Å². The third-order valence-electron chi connectivity index (χ3n) is 2.89. The predicted molar refractivity (Wildman–Crippen MR) is 75.0 cm³/mol. The average molecular weight is 269 g/mol. The fraction of sp³-hybridized carbons (Fsp3) is 0. The summed E-state index contributed by atoms with van der Waals surface area (Å²) in [5, 5.41) is 11.7. The minimum atomic E-state index is -0.490. The molecule has 0 saturated carbocycles. The van der Waals surface area contributed by atoms with Gasteiger partial charge in [0.05, 0.1) is 6.33 Å². The van der Waals surface area contributed by atoms with E-state index in [2.05, 4.69) is 9.97 Å². The van der Waals surface area contributed by atoms with Crippen LogP contribution < -0.4 is 16.0 Å². The van der Waals surface area contributed by atoms with E-state index < -0.39 is 5.56 Å². The molecule has 3 rings (SSSR count). The molecule has 100 valence electrons. The number of phenols is 1. The van der Waals surface area contributed by atoms with E-state index in [0.29, 0.717) is 0 Å². The molecule has 20 heavy (non-hydrogen) atoms. The predicted octanol–water partition coefficient (Wildman–Crippen LogP) is 2.00. The number of ether oxygens (including phenoxy) is 1. The van der Waals surface area contributed by atoms with Gasteiger partial charge >= 0.3 is 0 Å². The van der Waals surface area contributed by atoms with E-state index in [1.54, 1.807) is 12.1 Å². The molecule has 3 aromatic rings. The summed E-state index contributed by atoms with van der Waals surface area (Å²) in [5.74, 6) is 0.0954. The van der Waals surface area contributed by atoms with Gasteiger partial charge in [-0.15, -0.1) is 0 Å². The standard InChI is InChI=1S/C14H11N3O3/c15-12-13(19)16-7-17-14(12)20-11-6-9-4-2-1-3-8(9)5-10(11)18/h1-7,18H,15H2,(H,16,17,19). The topological polar surface area (TPSA) is 101 Å². The Labute approximate surface area is 113 Å². The Morgan fingerprint density at radius 2 is 1.90 bits per heavy atom. The van der Waals surface area contributed by atoms with Crippen LogP contribution in [0.25, 0.3) is 10.8 Å². The zero-order valence-corrected chi connectivity index (χ0v) is 10.3. The molecule has 2 aromatic carbocycles. The van der Waals surface area contributed by atoms with E-state index in [9.17, 15) is 9.90 Å². The molecule has 0 unspecified atom stereocenters. The maximum absolute atomic E-state index is 11.4. The number of nitrogens with one attached hydrogen (secondary N) is 1. The Kier molecular flexibility index (Phi) is 2.76. The first-order chi connectivity index (χ1) is 9.65. The molecule has 0 bridgehead atoms. The summed E-state index contributed by atoms with van der Waals surface area (Å²) in [4.78, 5) is 17.5. The number of aromatic hydroxyl groups is 1. The van der Waals surface area contributed by atoms with Crippen molar-refractivity contribution < 1.29 is 9.84 Å². The van der Waals surface area contributed by atoms with Gasteiger partial charge in [-0.1, -0.05) is 24.3 Å². The van der Waals surface area contributed by atoms with Crippen molar-refractivity contribution in [3.63, 3.8) is 0 Å². The third kappa shape index (κ3) is 2.03. The number of anilines is 1. The summed E-state index contributed by atoms with van der Waals surface area (Å²) in [6.45, 7) is 0. The number of benzene rings is 2. The number of hydrogen-bond donors (Lipinski definition) is 3. The molecule has 0 aliphatic rings. The molecule has 1 aromatic heterocycles. The van der Waals surface area contributed by atoms with E-state index in [1.807, 2.05) is 24.3 Å². The molecule has 6 nitrogen and oxygen atoms in total. The van der Waals surface area contributed by atoms with Crippen LogP contribution >= 0.6 is 0 Å². The zero-order valence-electron chi connectivity index (χ0n) is 10.3. The van der Waals surface area contributed by atoms with Gasteiger partial charge in [0, 0.05) is 0 Å². The number of H-pyrrole nitrogens is 1. The number of nitrogens with two attached hydrogens (primary N) is 1. The van der Waals surface area contributed by atoms with Crippen molar-refractivity contribution in [2.24, 2.45) is 0 Å². The highest BCUT2D eigenvalue weighted by Gasteiger charge is 2.11. The van der Waals surface area contributed by atoms with Crippen molar-refractivity contribution >= 4 is 16.5 Å². The van der Waals surface area contributed by atoms with Crippen LogP contribution in [0.15, 0.2) is 47.5 Å². The van der Waals surface area contributed by atoms with Gasteiger partial charge in [-0.3, -0.25) is 4.79 Å². The number of nitrogens with zero attached hydrogens (tertiary/aromatic N) is 1. The lowest BCUT2D eigenvalue weighted by molar-refractivity contribution is 0.404. The molecule has 0 spiro atoms. The Bertz CT molecular complexity index is 842. The number of phenolic OH excluding ortho intramolecular Hbond substituents is 1. The van der Waals surface area contributed by atoms with Gasteiger partial charge in [-0.25, -0.2) is 4.98 Å². The van der Waals surface area contributed by atoms with Crippen molar-refractivity contribution in [1.29, 1.82) is 0 Å². The molecule has 0 aliphatic carbocycles. The van der Waals surface area contributed by atoms with Gasteiger partial charge in [0.2, 0.25) is 5.88 Å². The molecule has 0 aliphatic heterocycles. The fourth-order valence-corrected chi connectivity index (χ4v) is 1.87. The minimum Gasteiger partial charge on any atom is -0.504 e. The quantitative estimate of drug-likeness (QED) is 0.660. The van der Waals surface area contributed by atoms with Gasteiger partial charge in [0.15, 0.2) is 17.2 Å². The third-order valence-corrected chi connectivity index (χ3v) is 2.89. The number of nitrogen functional groups attached to an aromatic ring is 1. The molecule has 0 amide bonds. The van der Waals surface area contributed by atoms with E-state index in [1.165, 1.54) is 6.33 Å². The molecule has 0 saturated heterocycles. The SMILES string of the molecule is Nc1c(Oc2cc3ccccc3cc2O)nc[nH]c1=O. The lowest BCUT2D eigenvalue weighted by Crippen LogP contribution is -2.13. The highest BCUT2D eigenvalue weighted by molar-refractivity contribution is 5.86. The van der Waals surface area contributed by atoms with E-state index in [-0.39, 0.29) is 23.1 Å². The highest BCUT2D eigenvalue weighted by Crippen LogP contribution is 2.34. The lowest BCUT2D eigenvalue weighted by atomic mass is 10.1. The van der Waals surface area contributed by atoms with Crippen LogP contribution in [0.2, 0.25) is 0 Å². The van der Waals surface area contributed by atoms with Crippen molar-refractivity contribution in [3.8, 4) is 17.4 Å². The Balaban J connectivity index is 2.08. The average Bonchev–Trinajstić information content (AvgIpc) is 2.44. The molecule has 1 heterocycles. The van der Waals surface area contributed by atoms with Crippen molar-refractivity contribution in [2.75, 3.05) is 5.73 Å². The molecular formula is C14H11N3O3. The molecule has 0 fully saturated rings. The maximum Gasteiger partial charge on any atom is 0.277 e. The summed E-state index contributed by atoms with van der Waals surface area (Å²) in [5.41, 5.74) is 4.95. The molecule has 0 radical (unpaired) electrons. The number of aromatic nitrogens is 2. The first kappa shape index (κ1) is 12.0. The molecule has 0 atom stereocenters. The zero-order chi connectivity index (χ0) is 14.1. The maximum atomic E-state index is 11.4. The first-order valence-corrected chi connectivity index (χ1v) is 5.88. The smallest absolute Gasteiger partial charge is 0.277 e. The van der Waals surface area contributed by atoms with Gasteiger partial charge < -0.3 is 20.6 Å². The van der Waals surface area contributed by atoms with Gasteiger partial charge in [0.25, 0.3) is 5.56 Å². The molecule has 6 heteroatoms. The summed E-state index contributed by atoms with van der Waals surface area (Å²) >= 11 is 0. The first-order valence-electron chi connectivity index (χ1n) is 5.88. The molecule has 4 N–H and O–H groups in total. The second-order valence-electron chi connectivity index (χ2n) is 4.22. The second-order valence-corrected chi connectivity index (χ2v) is 4.22. The van der Waals surface area contributed by atoms with Crippen LogP contribution in [0.3, 0.4) is 0 Å². The van der Waals surface area contributed by atoms with Crippen molar-refractivity contribution in [2.45, 2.75) is 0 Å². The normalized spacial score (nSPS) is 10.6. The minimum absolute atomic E-state index is 0.0423. The lowest BCUT2D eigenvalue weighted by Gasteiger charge is -2.09. The van der Waals surface area contributed by atoms with Crippen LogP contribution in [0, 0.1) is 0 Å². The molecular weight excluding hydrogens is 258 g/mol. The highest BCUT2D eigenvalue weighted by atomic mass is 16.5. The summed E-state index contributed by atoms with van der Waals surface area (Å²) in [7, 11) is 0. The van der Waals surface area contributed by atoms with Crippen LogP contribution in [0.5, 0.6) is 17.4 Å². The largest absolute Gasteiger partial charge is 0.504 e. The van der Waals surface area contributed by atoms with Crippen molar-refractivity contribution in [3.05, 3.63) is 53.1 Å². The van der Waals surface area contributed by atoms with Crippen LogP contribution in [-0.4, -0.2) is 15.1 Å². The summed E-state index contributed by atoms with van der Waals surface area (Å²) in [6.07, 6.45) is 1.19. The summed E-state index contributed by atoms with van der Waals surface area (Å²) < 4.78 is 5.42. The van der Waals surface area contributed by atoms with Crippen molar-refractivity contribution in [1.82, 2.24) is 9.97 Å². The van der Waals surface area contributed by atoms with E-state index >= 15 is 0 Å². The summed E-state index contributed by atoms with van der Waals surface area (Å²) in [6, 6.07) is 10.7.